The topological polar surface area (TPSA) is 96.8 Å². The number of ether oxygens (including phenoxy) is 1. The van der Waals surface area contributed by atoms with Crippen molar-refractivity contribution < 1.29 is 14.3 Å². The van der Waals surface area contributed by atoms with E-state index >= 15 is 0 Å². The molecule has 2 heterocycles. The minimum absolute atomic E-state index is 0.257. The van der Waals surface area contributed by atoms with E-state index in [4.69, 9.17) is 9.15 Å². The Morgan fingerprint density at radius 2 is 2.03 bits per heavy atom. The minimum Gasteiger partial charge on any atom is -0.497 e. The van der Waals surface area contributed by atoms with Crippen LogP contribution < -0.4 is 15.4 Å². The molecule has 0 bridgehead atoms. The van der Waals surface area contributed by atoms with Gasteiger partial charge in [0.15, 0.2) is 5.96 Å². The largest absolute Gasteiger partial charge is 0.497 e. The molecule has 0 saturated heterocycles. The highest BCUT2D eigenvalue weighted by Gasteiger charge is 2.26. The Kier molecular flexibility index (Phi) is 6.56. The maximum atomic E-state index is 10.6. The van der Waals surface area contributed by atoms with Gasteiger partial charge in [-0.25, -0.2) is 9.67 Å². The lowest BCUT2D eigenvalue weighted by Crippen LogP contribution is -2.44. The van der Waals surface area contributed by atoms with E-state index in [0.717, 1.165) is 17.1 Å². The first-order valence-corrected chi connectivity index (χ1v) is 9.49. The maximum absolute atomic E-state index is 10.6. The standard InChI is InChI=1S/C21H27N5O3/c1-4-22-20(24-15-21(2,27)19-6-5-13-29-19)23-14-16-11-12-26(25-16)17-7-9-18(28-3)10-8-17/h5-13,27H,4,14-15H2,1-3H3,(H2,22,23,24). The molecule has 0 spiro atoms. The Morgan fingerprint density at radius 1 is 1.24 bits per heavy atom. The molecule has 0 aliphatic heterocycles. The number of hydrogen-bond acceptors (Lipinski definition) is 5. The first kappa shape index (κ1) is 20.5. The molecule has 3 rings (SSSR count). The molecule has 0 aliphatic rings. The normalized spacial score (nSPS) is 13.7. The van der Waals surface area contributed by atoms with E-state index in [-0.39, 0.29) is 6.54 Å². The Hall–Kier alpha value is -3.26. The monoisotopic (exact) mass is 397 g/mol. The van der Waals surface area contributed by atoms with Crippen molar-refractivity contribution in [2.45, 2.75) is 26.0 Å². The van der Waals surface area contributed by atoms with E-state index in [1.807, 2.05) is 43.5 Å². The molecule has 1 atom stereocenters. The van der Waals surface area contributed by atoms with Crippen LogP contribution in [0.4, 0.5) is 0 Å². The van der Waals surface area contributed by atoms with Crippen molar-refractivity contribution >= 4 is 5.96 Å². The number of aromatic nitrogens is 2. The van der Waals surface area contributed by atoms with Crippen LogP contribution in [-0.4, -0.2) is 41.0 Å². The van der Waals surface area contributed by atoms with Crippen LogP contribution in [0.25, 0.3) is 5.69 Å². The molecule has 3 N–H and O–H groups in total. The molecule has 2 aromatic heterocycles. The predicted molar refractivity (Wildman–Crippen MR) is 111 cm³/mol. The van der Waals surface area contributed by atoms with E-state index in [2.05, 4.69) is 20.7 Å². The van der Waals surface area contributed by atoms with Gasteiger partial charge in [0.2, 0.25) is 0 Å². The highest BCUT2D eigenvalue weighted by Crippen LogP contribution is 2.19. The van der Waals surface area contributed by atoms with Crippen LogP contribution in [0.3, 0.4) is 0 Å². The zero-order valence-electron chi connectivity index (χ0n) is 16.9. The Labute approximate surface area is 170 Å². The maximum Gasteiger partial charge on any atom is 0.191 e. The van der Waals surface area contributed by atoms with Crippen molar-refractivity contribution in [2.24, 2.45) is 4.99 Å². The van der Waals surface area contributed by atoms with Gasteiger partial charge >= 0.3 is 0 Å². The SMILES string of the molecule is CCNC(=NCc1ccn(-c2ccc(OC)cc2)n1)NCC(C)(O)c1ccco1. The van der Waals surface area contributed by atoms with Crippen LogP contribution in [0.2, 0.25) is 0 Å². The smallest absolute Gasteiger partial charge is 0.191 e. The van der Waals surface area contributed by atoms with E-state index in [9.17, 15) is 5.11 Å². The van der Waals surface area contributed by atoms with Gasteiger partial charge in [0.25, 0.3) is 0 Å². The fourth-order valence-corrected chi connectivity index (χ4v) is 2.75. The average Bonchev–Trinajstić information content (AvgIpc) is 3.43. The molecule has 154 valence electrons. The number of methoxy groups -OCH3 is 1. The highest BCUT2D eigenvalue weighted by molar-refractivity contribution is 5.79. The summed E-state index contributed by atoms with van der Waals surface area (Å²) in [5.74, 6) is 1.90. The van der Waals surface area contributed by atoms with Crippen LogP contribution in [-0.2, 0) is 12.1 Å². The number of nitrogens with zero attached hydrogens (tertiary/aromatic N) is 3. The lowest BCUT2D eigenvalue weighted by Gasteiger charge is -2.22. The summed E-state index contributed by atoms with van der Waals surface area (Å²) >= 11 is 0. The minimum atomic E-state index is -1.14. The molecule has 29 heavy (non-hydrogen) atoms. The summed E-state index contributed by atoms with van der Waals surface area (Å²) in [5, 5.41) is 21.5. The fraction of sp³-hybridized carbons (Fsp3) is 0.333. The van der Waals surface area contributed by atoms with Crippen molar-refractivity contribution in [1.29, 1.82) is 0 Å². The van der Waals surface area contributed by atoms with Gasteiger partial charge in [-0.1, -0.05) is 0 Å². The van der Waals surface area contributed by atoms with Crippen LogP contribution >= 0.6 is 0 Å². The number of benzene rings is 1. The summed E-state index contributed by atoms with van der Waals surface area (Å²) in [7, 11) is 1.64. The third-order valence-corrected chi connectivity index (χ3v) is 4.38. The molecule has 1 aromatic carbocycles. The van der Waals surface area contributed by atoms with E-state index in [0.29, 0.717) is 24.8 Å². The molecule has 8 heteroatoms. The molecule has 0 saturated carbocycles. The van der Waals surface area contributed by atoms with Gasteiger partial charge in [0, 0.05) is 12.7 Å². The van der Waals surface area contributed by atoms with E-state index in [1.54, 1.807) is 37.1 Å². The second-order valence-electron chi connectivity index (χ2n) is 6.75. The summed E-state index contributed by atoms with van der Waals surface area (Å²) in [5.41, 5.74) is 0.631. The highest BCUT2D eigenvalue weighted by atomic mass is 16.5. The number of aliphatic hydroxyl groups is 1. The van der Waals surface area contributed by atoms with Gasteiger partial charge in [0.05, 0.1) is 37.8 Å². The third kappa shape index (κ3) is 5.39. The second kappa shape index (κ2) is 9.29. The molecule has 0 fully saturated rings. The van der Waals surface area contributed by atoms with Gasteiger partial charge in [-0.3, -0.25) is 0 Å². The second-order valence-corrected chi connectivity index (χ2v) is 6.75. The van der Waals surface area contributed by atoms with Crippen molar-refractivity contribution in [1.82, 2.24) is 20.4 Å². The van der Waals surface area contributed by atoms with Gasteiger partial charge in [-0.2, -0.15) is 5.10 Å². The fourth-order valence-electron chi connectivity index (χ4n) is 2.75. The summed E-state index contributed by atoms with van der Waals surface area (Å²) in [4.78, 5) is 4.56. The number of rotatable bonds is 8. The predicted octanol–water partition coefficient (Wildman–Crippen LogP) is 2.44. The molecular weight excluding hydrogens is 370 g/mol. The van der Waals surface area contributed by atoms with Crippen molar-refractivity contribution in [3.63, 3.8) is 0 Å². The van der Waals surface area contributed by atoms with Crippen LogP contribution in [0.15, 0.2) is 64.3 Å². The molecule has 0 aliphatic carbocycles. The third-order valence-electron chi connectivity index (χ3n) is 4.38. The van der Waals surface area contributed by atoms with Crippen LogP contribution in [0, 0.1) is 0 Å². The molecule has 0 radical (unpaired) electrons. The molecule has 0 amide bonds. The molecular formula is C21H27N5O3. The van der Waals surface area contributed by atoms with Crippen LogP contribution in [0.5, 0.6) is 5.75 Å². The number of furan rings is 1. The van der Waals surface area contributed by atoms with E-state index < -0.39 is 5.60 Å². The number of guanidine groups is 1. The van der Waals surface area contributed by atoms with Gasteiger partial charge in [-0.15, -0.1) is 0 Å². The number of nitrogens with one attached hydrogen (secondary N) is 2. The average molecular weight is 397 g/mol. The molecule has 8 nitrogen and oxygen atoms in total. The summed E-state index contributed by atoms with van der Waals surface area (Å²) < 4.78 is 12.3. The van der Waals surface area contributed by atoms with Gasteiger partial charge < -0.3 is 24.9 Å². The Balaban J connectivity index is 1.63. The Bertz CT molecular complexity index is 914. The van der Waals surface area contributed by atoms with Crippen molar-refractivity contribution in [3.05, 3.63) is 66.4 Å². The summed E-state index contributed by atoms with van der Waals surface area (Å²) in [6.45, 7) is 5.04. The zero-order chi connectivity index (χ0) is 20.7. The molecule has 1 unspecified atom stereocenters. The summed E-state index contributed by atoms with van der Waals surface area (Å²) in [6.07, 6.45) is 3.44. The first-order valence-electron chi connectivity index (χ1n) is 9.49. The first-order chi connectivity index (χ1) is 14.0. The van der Waals surface area contributed by atoms with Crippen molar-refractivity contribution in [2.75, 3.05) is 20.2 Å². The lowest BCUT2D eigenvalue weighted by molar-refractivity contribution is 0.0386. The van der Waals surface area contributed by atoms with Crippen LogP contribution in [0.1, 0.15) is 25.3 Å². The number of aliphatic imine (C=N–C) groups is 1. The lowest BCUT2D eigenvalue weighted by atomic mass is 10.0. The summed E-state index contributed by atoms with van der Waals surface area (Å²) in [6, 6.07) is 13.1. The number of hydrogen-bond donors (Lipinski definition) is 3. The van der Waals surface area contributed by atoms with Gasteiger partial charge in [-0.05, 0) is 56.3 Å². The quantitative estimate of drug-likeness (QED) is 0.399. The zero-order valence-corrected chi connectivity index (χ0v) is 16.9. The van der Waals surface area contributed by atoms with Gasteiger partial charge in [0.1, 0.15) is 17.1 Å². The molecule has 3 aromatic rings. The van der Waals surface area contributed by atoms with Crippen molar-refractivity contribution in [3.8, 4) is 11.4 Å². The Morgan fingerprint density at radius 3 is 2.69 bits per heavy atom. The van der Waals surface area contributed by atoms with E-state index in [1.165, 1.54) is 0 Å².